The van der Waals surface area contributed by atoms with Crippen molar-refractivity contribution in [3.63, 3.8) is 0 Å². The van der Waals surface area contributed by atoms with Gasteiger partial charge in [0.2, 0.25) is 0 Å². The SMILES string of the molecule is Cc1ccc2c(-c3cc4ccccc4c4ccccc34)c3c(c(-c4cc5ccccc5c5ccccc45)c2c1)-c1ccc(C)c2cccc-3c12. The van der Waals surface area contributed by atoms with Crippen molar-refractivity contribution in [2.24, 2.45) is 0 Å². The topological polar surface area (TPSA) is 0 Å². The van der Waals surface area contributed by atoms with Gasteiger partial charge in [-0.1, -0.05) is 151 Å². The molecule has 50 heavy (non-hydrogen) atoms. The Kier molecular flexibility index (Phi) is 5.61. The molecule has 0 aromatic heterocycles. The minimum absolute atomic E-state index is 1.27. The maximum atomic E-state index is 2.45. The fourth-order valence-electron chi connectivity index (χ4n) is 9.19. The Hall–Kier alpha value is -6.24. The molecule has 0 saturated carbocycles. The van der Waals surface area contributed by atoms with Crippen LogP contribution in [0.4, 0.5) is 0 Å². The Morgan fingerprint density at radius 1 is 0.280 bits per heavy atom. The Balaban J connectivity index is 1.42. The zero-order chi connectivity index (χ0) is 33.1. The van der Waals surface area contributed by atoms with Gasteiger partial charge < -0.3 is 0 Å². The summed E-state index contributed by atoms with van der Waals surface area (Å²) in [4.78, 5) is 0. The van der Waals surface area contributed by atoms with Crippen LogP contribution < -0.4 is 0 Å². The maximum absolute atomic E-state index is 2.45. The summed E-state index contributed by atoms with van der Waals surface area (Å²) in [6, 6.07) is 59.4. The molecule has 0 N–H and O–H groups in total. The highest BCUT2D eigenvalue weighted by Crippen LogP contribution is 2.59. The van der Waals surface area contributed by atoms with Crippen LogP contribution in [0.1, 0.15) is 11.1 Å². The second-order valence-electron chi connectivity index (χ2n) is 14.1. The van der Waals surface area contributed by atoms with Gasteiger partial charge in [-0.05, 0) is 141 Å². The van der Waals surface area contributed by atoms with Gasteiger partial charge in [0.05, 0.1) is 0 Å². The van der Waals surface area contributed by atoms with Crippen LogP contribution in [0.25, 0.3) is 109 Å². The van der Waals surface area contributed by atoms with E-state index < -0.39 is 0 Å². The fourth-order valence-corrected chi connectivity index (χ4v) is 9.19. The van der Waals surface area contributed by atoms with Crippen molar-refractivity contribution in [2.45, 2.75) is 13.8 Å². The fraction of sp³-hybridized carbons (Fsp3) is 0.0400. The van der Waals surface area contributed by atoms with Gasteiger partial charge >= 0.3 is 0 Å². The molecule has 0 amide bonds. The average Bonchev–Trinajstić information content (AvgIpc) is 3.49. The number of benzene rings is 10. The summed E-state index contributed by atoms with van der Waals surface area (Å²) in [5.74, 6) is 0. The lowest BCUT2D eigenvalue weighted by molar-refractivity contribution is 1.50. The summed E-state index contributed by atoms with van der Waals surface area (Å²) in [6.45, 7) is 4.49. The molecule has 0 nitrogen and oxygen atoms in total. The van der Waals surface area contributed by atoms with Crippen molar-refractivity contribution >= 4 is 64.6 Å². The highest BCUT2D eigenvalue weighted by Gasteiger charge is 2.32. The molecule has 0 bridgehead atoms. The van der Waals surface area contributed by atoms with E-state index in [9.17, 15) is 0 Å². The first-order chi connectivity index (χ1) is 24.7. The minimum Gasteiger partial charge on any atom is -0.0616 e. The van der Waals surface area contributed by atoms with Gasteiger partial charge in [0.25, 0.3) is 0 Å². The molecule has 1 aliphatic carbocycles. The molecule has 232 valence electrons. The van der Waals surface area contributed by atoms with Crippen LogP contribution in [0.5, 0.6) is 0 Å². The van der Waals surface area contributed by atoms with Crippen LogP contribution in [0.3, 0.4) is 0 Å². The highest BCUT2D eigenvalue weighted by molar-refractivity contribution is 6.31. The molecule has 11 rings (SSSR count). The van der Waals surface area contributed by atoms with Crippen molar-refractivity contribution in [1.29, 1.82) is 0 Å². The van der Waals surface area contributed by atoms with Gasteiger partial charge in [-0.25, -0.2) is 0 Å². The highest BCUT2D eigenvalue weighted by atomic mass is 14.3. The van der Waals surface area contributed by atoms with E-state index in [1.54, 1.807) is 0 Å². The predicted molar refractivity (Wildman–Crippen MR) is 216 cm³/mol. The third-order valence-electron chi connectivity index (χ3n) is 11.3. The van der Waals surface area contributed by atoms with Crippen LogP contribution >= 0.6 is 0 Å². The monoisotopic (exact) mass is 632 g/mol. The van der Waals surface area contributed by atoms with Crippen molar-refractivity contribution < 1.29 is 0 Å². The lowest BCUT2D eigenvalue weighted by Gasteiger charge is -2.23. The molecular weight excluding hydrogens is 601 g/mol. The molecule has 10 aromatic carbocycles. The van der Waals surface area contributed by atoms with E-state index in [4.69, 9.17) is 0 Å². The van der Waals surface area contributed by atoms with E-state index in [-0.39, 0.29) is 0 Å². The number of hydrogen-bond donors (Lipinski definition) is 0. The molecule has 0 heterocycles. The van der Waals surface area contributed by atoms with Crippen LogP contribution in [0.2, 0.25) is 0 Å². The van der Waals surface area contributed by atoms with E-state index in [2.05, 4.69) is 172 Å². The third kappa shape index (κ3) is 3.66. The van der Waals surface area contributed by atoms with Crippen LogP contribution in [-0.4, -0.2) is 0 Å². The van der Waals surface area contributed by atoms with E-state index in [1.807, 2.05) is 0 Å². The summed E-state index contributed by atoms with van der Waals surface area (Å²) in [5, 5.41) is 15.6. The van der Waals surface area contributed by atoms with Crippen molar-refractivity contribution in [1.82, 2.24) is 0 Å². The zero-order valence-electron chi connectivity index (χ0n) is 28.0. The molecule has 0 saturated heterocycles. The number of fused-ring (bicyclic) bond motifs is 10. The van der Waals surface area contributed by atoms with E-state index >= 15 is 0 Å². The number of aryl methyl sites for hydroxylation is 2. The summed E-state index contributed by atoms with van der Waals surface area (Å²) in [7, 11) is 0. The zero-order valence-corrected chi connectivity index (χ0v) is 28.0. The molecule has 0 radical (unpaired) electrons. The standard InChI is InChI=1S/C50H32/c1-29-22-24-40-43(26-29)48(45-28-32-13-4-6-15-35(32)37-17-8-10-19-39(37)45)50-42-25-23-30(2)33-20-11-21-41(46(33)42)49(50)47(40)44-27-31-12-3-5-14-34(31)36-16-7-9-18-38(36)44/h3-28H,1-2H3. The second kappa shape index (κ2) is 10.1. The molecule has 0 atom stereocenters. The number of rotatable bonds is 2. The van der Waals surface area contributed by atoms with E-state index in [0.29, 0.717) is 0 Å². The molecule has 0 fully saturated rings. The van der Waals surface area contributed by atoms with Gasteiger partial charge in [-0.15, -0.1) is 0 Å². The van der Waals surface area contributed by atoms with Crippen molar-refractivity contribution in [2.75, 3.05) is 0 Å². The van der Waals surface area contributed by atoms with Gasteiger partial charge in [0, 0.05) is 0 Å². The molecule has 0 heteroatoms. The summed E-state index contributed by atoms with van der Waals surface area (Å²) in [5.41, 5.74) is 13.2. The second-order valence-corrected chi connectivity index (χ2v) is 14.1. The largest absolute Gasteiger partial charge is 0.0616 e. The Morgan fingerprint density at radius 2 is 0.780 bits per heavy atom. The molecule has 0 spiro atoms. The lowest BCUT2D eigenvalue weighted by Crippen LogP contribution is -1.96. The van der Waals surface area contributed by atoms with Crippen LogP contribution in [0, 0.1) is 13.8 Å². The Bertz CT molecular complexity index is 3100. The maximum Gasteiger partial charge on any atom is -0.000718 e. The van der Waals surface area contributed by atoms with Gasteiger partial charge in [-0.3, -0.25) is 0 Å². The first-order valence-corrected chi connectivity index (χ1v) is 17.6. The number of hydrogen-bond acceptors (Lipinski definition) is 0. The third-order valence-corrected chi connectivity index (χ3v) is 11.3. The van der Waals surface area contributed by atoms with Gasteiger partial charge in [0.15, 0.2) is 0 Å². The predicted octanol–water partition coefficient (Wildman–Crippen LogP) is 14.2. The van der Waals surface area contributed by atoms with Gasteiger partial charge in [0.1, 0.15) is 0 Å². The molecule has 10 aromatic rings. The molecule has 0 unspecified atom stereocenters. The van der Waals surface area contributed by atoms with Gasteiger partial charge in [-0.2, -0.15) is 0 Å². The van der Waals surface area contributed by atoms with Crippen molar-refractivity contribution in [3.05, 3.63) is 169 Å². The van der Waals surface area contributed by atoms with E-state index in [0.717, 1.165) is 0 Å². The quantitative estimate of drug-likeness (QED) is 0.166. The Morgan fingerprint density at radius 3 is 1.40 bits per heavy atom. The van der Waals surface area contributed by atoms with E-state index in [1.165, 1.54) is 120 Å². The summed E-state index contributed by atoms with van der Waals surface area (Å²) in [6.07, 6.45) is 0. The summed E-state index contributed by atoms with van der Waals surface area (Å²) < 4.78 is 0. The molecule has 0 aliphatic heterocycles. The average molecular weight is 633 g/mol. The first kappa shape index (κ1) is 27.7. The first-order valence-electron chi connectivity index (χ1n) is 17.6. The van der Waals surface area contributed by atoms with Crippen molar-refractivity contribution in [3.8, 4) is 44.5 Å². The molecule has 1 aliphatic rings. The normalized spacial score (nSPS) is 12.2. The molecular formula is C50H32. The lowest BCUT2D eigenvalue weighted by atomic mass is 9.79. The smallest absolute Gasteiger partial charge is 0.000718 e. The Labute approximate surface area is 290 Å². The summed E-state index contributed by atoms with van der Waals surface area (Å²) >= 11 is 0. The van der Waals surface area contributed by atoms with Crippen LogP contribution in [-0.2, 0) is 0 Å². The van der Waals surface area contributed by atoms with Crippen LogP contribution in [0.15, 0.2) is 158 Å². The minimum atomic E-state index is 1.27.